The van der Waals surface area contributed by atoms with E-state index in [2.05, 4.69) is 101 Å². The van der Waals surface area contributed by atoms with Crippen LogP contribution in [0.5, 0.6) is 11.5 Å². The van der Waals surface area contributed by atoms with E-state index < -0.39 is 13.7 Å². The van der Waals surface area contributed by atoms with Crippen molar-refractivity contribution in [1.29, 1.82) is 0 Å². The molecule has 0 aromatic heterocycles. The zero-order chi connectivity index (χ0) is 31.8. The third kappa shape index (κ3) is 7.95. The van der Waals surface area contributed by atoms with Crippen molar-refractivity contribution in [2.24, 2.45) is 11.3 Å². The van der Waals surface area contributed by atoms with E-state index in [1.54, 1.807) is 0 Å². The van der Waals surface area contributed by atoms with E-state index in [1.165, 1.54) is 10.4 Å². The van der Waals surface area contributed by atoms with E-state index in [4.69, 9.17) is 13.9 Å². The van der Waals surface area contributed by atoms with Crippen LogP contribution in [0.25, 0.3) is 0 Å². The zero-order valence-electron chi connectivity index (χ0n) is 27.6. The molecule has 0 saturated carbocycles. The number of carbonyl (C=O) groups excluding carboxylic acids is 1. The number of carbonyl (C=O) groups is 1. The van der Waals surface area contributed by atoms with Gasteiger partial charge in [-0.3, -0.25) is 4.79 Å². The molecular weight excluding hydrogens is 549 g/mol. The van der Waals surface area contributed by atoms with E-state index in [0.717, 1.165) is 11.1 Å². The minimum absolute atomic E-state index is 0.00616. The number of esters is 1. The predicted molar refractivity (Wildman–Crippen MR) is 182 cm³/mol. The van der Waals surface area contributed by atoms with Gasteiger partial charge < -0.3 is 13.9 Å². The lowest BCUT2D eigenvalue weighted by Gasteiger charge is -2.44. The Bertz CT molecular complexity index is 1340. The topological polar surface area (TPSA) is 44.8 Å². The van der Waals surface area contributed by atoms with Crippen LogP contribution in [0.1, 0.15) is 72.4 Å². The summed E-state index contributed by atoms with van der Waals surface area (Å²) in [5, 5.41) is 2.41. The van der Waals surface area contributed by atoms with Crippen LogP contribution in [0.4, 0.5) is 0 Å². The molecule has 0 unspecified atom stereocenters. The fourth-order valence-corrected chi connectivity index (χ4v) is 10.2. The molecule has 3 aromatic rings. The maximum atomic E-state index is 12.8. The van der Waals surface area contributed by atoms with Gasteiger partial charge in [0.05, 0.1) is 5.41 Å². The molecule has 43 heavy (non-hydrogen) atoms. The number of aryl methyl sites for hydroxylation is 1. The van der Waals surface area contributed by atoms with Crippen LogP contribution in [0, 0.1) is 18.3 Å². The quantitative estimate of drug-likeness (QED) is 0.0909. The Morgan fingerprint density at radius 3 is 1.95 bits per heavy atom. The van der Waals surface area contributed by atoms with Crippen molar-refractivity contribution >= 4 is 24.7 Å². The molecule has 5 heteroatoms. The Labute approximate surface area is 260 Å². The van der Waals surface area contributed by atoms with E-state index in [9.17, 15) is 4.79 Å². The van der Waals surface area contributed by atoms with Crippen molar-refractivity contribution < 1.29 is 18.7 Å². The third-order valence-corrected chi connectivity index (χ3v) is 12.9. The highest BCUT2D eigenvalue weighted by Crippen LogP contribution is 2.40. The van der Waals surface area contributed by atoms with Crippen molar-refractivity contribution in [3.63, 3.8) is 0 Å². The zero-order valence-corrected chi connectivity index (χ0v) is 28.6. The summed E-state index contributed by atoms with van der Waals surface area (Å²) in [5.41, 5.74) is 1.26. The van der Waals surface area contributed by atoms with E-state index in [0.29, 0.717) is 24.7 Å². The summed E-state index contributed by atoms with van der Waals surface area (Å²) in [4.78, 5) is 12.8. The number of hydrogen-bond donors (Lipinski definition) is 0. The lowest BCUT2D eigenvalue weighted by molar-refractivity contribution is -0.143. The van der Waals surface area contributed by atoms with Gasteiger partial charge >= 0.3 is 5.97 Å². The van der Waals surface area contributed by atoms with Crippen LogP contribution in [-0.4, -0.2) is 27.5 Å². The summed E-state index contributed by atoms with van der Waals surface area (Å²) in [7, 11) is -2.68. The molecule has 0 fully saturated rings. The van der Waals surface area contributed by atoms with Crippen LogP contribution in [0.2, 0.25) is 5.04 Å². The van der Waals surface area contributed by atoms with Gasteiger partial charge in [-0.25, -0.2) is 0 Å². The van der Waals surface area contributed by atoms with Crippen LogP contribution in [0.15, 0.2) is 97.6 Å². The van der Waals surface area contributed by atoms with Gasteiger partial charge in [-0.2, -0.15) is 0 Å². The molecule has 0 aliphatic carbocycles. The first-order valence-electron chi connectivity index (χ1n) is 15.2. The minimum atomic E-state index is -2.68. The smallest absolute Gasteiger partial charge is 0.316 e. The molecule has 0 heterocycles. The molecule has 230 valence electrons. The monoisotopic (exact) mass is 598 g/mol. The first-order valence-corrected chi connectivity index (χ1v) is 17.2. The van der Waals surface area contributed by atoms with Gasteiger partial charge in [0.1, 0.15) is 6.61 Å². The van der Waals surface area contributed by atoms with Crippen LogP contribution < -0.4 is 19.8 Å². The van der Waals surface area contributed by atoms with Gasteiger partial charge in [-0.1, -0.05) is 113 Å². The standard InChI is InChI=1S/C38H50O4Si/c1-11-13-24-40-34-26-30(25-28(3)35(34)42-36(39)37(5,6)7)33(12-2)29(4)27-41-43(38(8,9)10,31-20-16-14-17-21-31)32-22-18-15-19-23-32/h11-23,25-26,29,33H,2,24,27H2,1,3-10H3/b13-11+/t29-,33+/m0/s1. The van der Waals surface area contributed by atoms with Crippen molar-refractivity contribution in [3.8, 4) is 11.5 Å². The van der Waals surface area contributed by atoms with Crippen LogP contribution in [0.3, 0.4) is 0 Å². The van der Waals surface area contributed by atoms with Gasteiger partial charge in [-0.15, -0.1) is 6.58 Å². The minimum Gasteiger partial charge on any atom is -0.486 e. The average Bonchev–Trinajstić information content (AvgIpc) is 2.95. The van der Waals surface area contributed by atoms with Gasteiger partial charge in [-0.05, 0) is 73.1 Å². The normalized spacial score (nSPS) is 13.9. The summed E-state index contributed by atoms with van der Waals surface area (Å²) in [6, 6.07) is 25.5. The molecular formula is C38H50O4Si. The van der Waals surface area contributed by atoms with Crippen molar-refractivity contribution in [3.05, 3.63) is 109 Å². The van der Waals surface area contributed by atoms with Gasteiger partial charge in [0, 0.05) is 12.5 Å². The Hall–Kier alpha value is -3.41. The summed E-state index contributed by atoms with van der Waals surface area (Å²) >= 11 is 0. The molecule has 0 spiro atoms. The second kappa shape index (κ2) is 14.4. The molecule has 3 rings (SSSR count). The van der Waals surface area contributed by atoms with Crippen molar-refractivity contribution in [2.75, 3.05) is 13.2 Å². The van der Waals surface area contributed by atoms with Gasteiger partial charge in [0.2, 0.25) is 0 Å². The number of rotatable bonds is 12. The lowest BCUT2D eigenvalue weighted by atomic mass is 9.86. The molecule has 0 radical (unpaired) electrons. The average molecular weight is 599 g/mol. The Morgan fingerprint density at radius 2 is 1.49 bits per heavy atom. The Kier molecular flexibility index (Phi) is 11.4. The lowest BCUT2D eigenvalue weighted by Crippen LogP contribution is -2.66. The van der Waals surface area contributed by atoms with E-state index >= 15 is 0 Å². The highest BCUT2D eigenvalue weighted by Gasteiger charge is 2.50. The highest BCUT2D eigenvalue weighted by molar-refractivity contribution is 6.99. The molecule has 2 atom stereocenters. The van der Waals surface area contributed by atoms with E-state index in [-0.39, 0.29) is 22.8 Å². The Balaban J connectivity index is 2.01. The molecule has 4 nitrogen and oxygen atoms in total. The SMILES string of the molecule is C=C[C@@H](c1cc(C)c(OC(=O)C(C)(C)C)c(OC/C=C/C)c1)[C@@H](C)CO[Si](c1ccccc1)(c1ccccc1)C(C)(C)C. The molecule has 0 N–H and O–H groups in total. The largest absolute Gasteiger partial charge is 0.486 e. The van der Waals surface area contributed by atoms with Crippen molar-refractivity contribution in [1.82, 2.24) is 0 Å². The molecule has 0 aliphatic heterocycles. The number of allylic oxidation sites excluding steroid dienone is 2. The predicted octanol–water partition coefficient (Wildman–Crippen LogP) is 8.38. The maximum Gasteiger partial charge on any atom is 0.316 e. The molecule has 0 bridgehead atoms. The maximum absolute atomic E-state index is 12.8. The molecule has 0 saturated heterocycles. The summed E-state index contributed by atoms with van der Waals surface area (Å²) in [5.74, 6) is 0.828. The number of benzene rings is 3. The fraction of sp³-hybridized carbons (Fsp3) is 0.395. The number of ether oxygens (including phenoxy) is 2. The van der Waals surface area contributed by atoms with E-state index in [1.807, 2.05) is 58.9 Å². The van der Waals surface area contributed by atoms with Gasteiger partial charge in [0.25, 0.3) is 8.32 Å². The number of hydrogen-bond acceptors (Lipinski definition) is 4. The highest BCUT2D eigenvalue weighted by atomic mass is 28.4. The fourth-order valence-electron chi connectivity index (χ4n) is 5.50. The first-order chi connectivity index (χ1) is 20.3. The molecule has 0 aliphatic rings. The molecule has 3 aromatic carbocycles. The third-order valence-electron chi connectivity index (χ3n) is 7.87. The summed E-state index contributed by atoms with van der Waals surface area (Å²) in [6.45, 7) is 23.7. The van der Waals surface area contributed by atoms with Gasteiger partial charge in [0.15, 0.2) is 11.5 Å². The van der Waals surface area contributed by atoms with Crippen molar-refractivity contribution in [2.45, 2.75) is 73.3 Å². The van der Waals surface area contributed by atoms with Crippen LogP contribution >= 0.6 is 0 Å². The second-order valence-corrected chi connectivity index (χ2v) is 17.7. The summed E-state index contributed by atoms with van der Waals surface area (Å²) < 4.78 is 19.3. The first kappa shape index (κ1) is 34.1. The van der Waals surface area contributed by atoms with Crippen LogP contribution in [-0.2, 0) is 9.22 Å². The summed E-state index contributed by atoms with van der Waals surface area (Å²) in [6.07, 6.45) is 5.86. The molecule has 0 amide bonds. The Morgan fingerprint density at radius 1 is 0.930 bits per heavy atom. The second-order valence-electron chi connectivity index (χ2n) is 13.4.